The zero-order chi connectivity index (χ0) is 22.4. The van der Waals surface area contributed by atoms with Gasteiger partial charge in [0, 0.05) is 12.7 Å². The van der Waals surface area contributed by atoms with E-state index in [1.807, 2.05) is 43.5 Å². The van der Waals surface area contributed by atoms with Crippen LogP contribution in [0.25, 0.3) is 0 Å². The van der Waals surface area contributed by atoms with E-state index in [9.17, 15) is 4.79 Å². The molecule has 1 atom stereocenters. The van der Waals surface area contributed by atoms with Crippen LogP contribution in [-0.4, -0.2) is 31.4 Å². The van der Waals surface area contributed by atoms with Crippen molar-refractivity contribution in [1.82, 2.24) is 19.7 Å². The summed E-state index contributed by atoms with van der Waals surface area (Å²) in [6, 6.07) is 9.27. The first-order valence-corrected chi connectivity index (χ1v) is 11.1. The van der Waals surface area contributed by atoms with E-state index in [4.69, 9.17) is 16.3 Å². The standard InChI is InChI=1S/C22H24ClN5O2S/c1-5-11-28-21(16(4)30-18-8-6-7-14(2)15(18)3)26-27-22(28)31-13-20(29)25-19-10-9-17(23)12-24-19/h5-10,12,16H,1,11,13H2,2-4H3,(H,24,25,29). The number of amides is 1. The number of nitrogens with one attached hydrogen (secondary N) is 1. The number of rotatable bonds is 9. The molecule has 31 heavy (non-hydrogen) atoms. The molecular formula is C22H24ClN5O2S. The molecule has 0 aliphatic heterocycles. The van der Waals surface area contributed by atoms with Crippen LogP contribution in [0.1, 0.15) is 30.0 Å². The normalized spacial score (nSPS) is 11.7. The van der Waals surface area contributed by atoms with Gasteiger partial charge in [-0.2, -0.15) is 0 Å². The van der Waals surface area contributed by atoms with Crippen molar-refractivity contribution in [3.05, 3.63) is 71.2 Å². The number of hydrogen-bond donors (Lipinski definition) is 1. The zero-order valence-corrected chi connectivity index (χ0v) is 19.2. The van der Waals surface area contributed by atoms with Gasteiger partial charge in [0.05, 0.1) is 10.8 Å². The average Bonchev–Trinajstić information content (AvgIpc) is 3.14. The van der Waals surface area contributed by atoms with Crippen molar-refractivity contribution in [2.45, 2.75) is 38.6 Å². The molecule has 0 radical (unpaired) electrons. The number of aromatic nitrogens is 4. The maximum Gasteiger partial charge on any atom is 0.236 e. The van der Waals surface area contributed by atoms with E-state index in [-0.39, 0.29) is 17.8 Å². The number of aryl methyl sites for hydroxylation is 1. The first-order valence-electron chi connectivity index (χ1n) is 9.70. The van der Waals surface area contributed by atoms with E-state index in [1.54, 1.807) is 18.2 Å². The molecule has 162 valence electrons. The van der Waals surface area contributed by atoms with Crippen LogP contribution in [0.15, 0.2) is 54.3 Å². The number of benzene rings is 1. The van der Waals surface area contributed by atoms with Gasteiger partial charge in [0.15, 0.2) is 17.1 Å². The first-order chi connectivity index (χ1) is 14.9. The number of pyridine rings is 1. The molecule has 1 aromatic carbocycles. The molecule has 1 unspecified atom stereocenters. The van der Waals surface area contributed by atoms with E-state index in [1.165, 1.54) is 18.0 Å². The molecule has 2 heterocycles. The molecule has 0 saturated heterocycles. The van der Waals surface area contributed by atoms with Crippen molar-refractivity contribution >= 4 is 35.1 Å². The Morgan fingerprint density at radius 1 is 1.32 bits per heavy atom. The molecule has 7 nitrogen and oxygen atoms in total. The molecule has 0 aliphatic rings. The molecule has 9 heteroatoms. The van der Waals surface area contributed by atoms with E-state index < -0.39 is 0 Å². The van der Waals surface area contributed by atoms with Gasteiger partial charge in [-0.15, -0.1) is 16.8 Å². The summed E-state index contributed by atoms with van der Waals surface area (Å²) in [5.41, 5.74) is 2.25. The number of carbonyl (C=O) groups is 1. The number of halogens is 1. The number of anilines is 1. The van der Waals surface area contributed by atoms with Crippen LogP contribution in [0, 0.1) is 13.8 Å². The summed E-state index contributed by atoms with van der Waals surface area (Å²) >= 11 is 7.10. The topological polar surface area (TPSA) is 81.9 Å². The maximum absolute atomic E-state index is 12.3. The Labute approximate surface area is 190 Å². The monoisotopic (exact) mass is 457 g/mol. The van der Waals surface area contributed by atoms with Crippen LogP contribution < -0.4 is 10.1 Å². The van der Waals surface area contributed by atoms with Crippen LogP contribution in [0.3, 0.4) is 0 Å². The Balaban J connectivity index is 1.69. The van der Waals surface area contributed by atoms with Crippen LogP contribution in [-0.2, 0) is 11.3 Å². The van der Waals surface area contributed by atoms with E-state index in [0.29, 0.717) is 28.4 Å². The van der Waals surface area contributed by atoms with Gasteiger partial charge in [0.25, 0.3) is 0 Å². The number of hydrogen-bond acceptors (Lipinski definition) is 6. The van der Waals surface area contributed by atoms with Crippen LogP contribution in [0.2, 0.25) is 5.02 Å². The summed E-state index contributed by atoms with van der Waals surface area (Å²) in [5, 5.41) is 12.4. The van der Waals surface area contributed by atoms with E-state index >= 15 is 0 Å². The zero-order valence-electron chi connectivity index (χ0n) is 17.6. The van der Waals surface area contributed by atoms with E-state index in [2.05, 4.69) is 27.1 Å². The number of thioether (sulfide) groups is 1. The summed E-state index contributed by atoms with van der Waals surface area (Å²) in [6.07, 6.45) is 2.92. The second kappa shape index (κ2) is 10.5. The molecule has 0 aliphatic carbocycles. The predicted octanol–water partition coefficient (Wildman–Crippen LogP) is 5.00. The van der Waals surface area contributed by atoms with Gasteiger partial charge in [0.1, 0.15) is 11.6 Å². The van der Waals surface area contributed by atoms with Gasteiger partial charge in [-0.3, -0.25) is 9.36 Å². The Bertz CT molecular complexity index is 1070. The van der Waals surface area contributed by atoms with Crippen molar-refractivity contribution in [2.75, 3.05) is 11.1 Å². The minimum atomic E-state index is -0.325. The molecule has 3 aromatic rings. The number of ether oxygens (including phenoxy) is 1. The third kappa shape index (κ3) is 5.86. The van der Waals surface area contributed by atoms with Gasteiger partial charge in [-0.25, -0.2) is 4.98 Å². The molecule has 1 N–H and O–H groups in total. The lowest BCUT2D eigenvalue weighted by Gasteiger charge is -2.18. The second-order valence-corrected chi connectivity index (χ2v) is 8.28. The first kappa shape index (κ1) is 22.8. The van der Waals surface area contributed by atoms with Crippen LogP contribution in [0.4, 0.5) is 5.82 Å². The second-order valence-electron chi connectivity index (χ2n) is 6.90. The Morgan fingerprint density at radius 3 is 2.84 bits per heavy atom. The summed E-state index contributed by atoms with van der Waals surface area (Å²) < 4.78 is 8.07. The highest BCUT2D eigenvalue weighted by Crippen LogP contribution is 2.28. The molecule has 2 aromatic heterocycles. The lowest BCUT2D eigenvalue weighted by atomic mass is 10.1. The van der Waals surface area contributed by atoms with Gasteiger partial charge in [-0.05, 0) is 50.1 Å². The average molecular weight is 458 g/mol. The Hall–Kier alpha value is -2.84. The van der Waals surface area contributed by atoms with Crippen molar-refractivity contribution in [3.8, 4) is 5.75 Å². The molecule has 0 saturated carbocycles. The molecule has 3 rings (SSSR count). The SMILES string of the molecule is C=CCn1c(SCC(=O)Nc2ccc(Cl)cn2)nnc1C(C)Oc1cccc(C)c1C. The number of carbonyl (C=O) groups excluding carboxylic acids is 1. The lowest BCUT2D eigenvalue weighted by Crippen LogP contribution is -2.16. The lowest BCUT2D eigenvalue weighted by molar-refractivity contribution is -0.113. The fraction of sp³-hybridized carbons (Fsp3) is 0.273. The molecule has 1 amide bonds. The van der Waals surface area contributed by atoms with E-state index in [0.717, 1.165) is 16.9 Å². The predicted molar refractivity (Wildman–Crippen MR) is 124 cm³/mol. The Kier molecular flexibility index (Phi) is 7.70. The fourth-order valence-corrected chi connectivity index (χ4v) is 3.73. The summed E-state index contributed by atoms with van der Waals surface area (Å²) in [5.74, 6) is 1.88. The smallest absolute Gasteiger partial charge is 0.236 e. The van der Waals surface area contributed by atoms with Crippen LogP contribution >= 0.6 is 23.4 Å². The van der Waals surface area contributed by atoms with Crippen LogP contribution in [0.5, 0.6) is 5.75 Å². The third-order valence-electron chi connectivity index (χ3n) is 4.61. The summed E-state index contributed by atoms with van der Waals surface area (Å²) in [4.78, 5) is 16.3. The van der Waals surface area contributed by atoms with Crippen molar-refractivity contribution in [1.29, 1.82) is 0 Å². The maximum atomic E-state index is 12.3. The van der Waals surface area contributed by atoms with Gasteiger partial charge >= 0.3 is 0 Å². The number of allylic oxidation sites excluding steroid dienone is 1. The minimum Gasteiger partial charge on any atom is -0.482 e. The largest absolute Gasteiger partial charge is 0.482 e. The quantitative estimate of drug-likeness (QED) is 0.359. The van der Waals surface area contributed by atoms with Crippen molar-refractivity contribution < 1.29 is 9.53 Å². The highest BCUT2D eigenvalue weighted by Gasteiger charge is 2.20. The van der Waals surface area contributed by atoms with Crippen molar-refractivity contribution in [2.24, 2.45) is 0 Å². The molecule has 0 bridgehead atoms. The third-order valence-corrected chi connectivity index (χ3v) is 5.80. The Morgan fingerprint density at radius 2 is 2.13 bits per heavy atom. The summed E-state index contributed by atoms with van der Waals surface area (Å²) in [7, 11) is 0. The molecular weight excluding hydrogens is 434 g/mol. The fourth-order valence-electron chi connectivity index (χ4n) is 2.86. The summed E-state index contributed by atoms with van der Waals surface area (Å²) in [6.45, 7) is 10.3. The highest BCUT2D eigenvalue weighted by atomic mass is 35.5. The number of nitrogens with zero attached hydrogens (tertiary/aromatic N) is 4. The minimum absolute atomic E-state index is 0.159. The van der Waals surface area contributed by atoms with Crippen molar-refractivity contribution in [3.63, 3.8) is 0 Å². The van der Waals surface area contributed by atoms with Gasteiger partial charge in [-0.1, -0.05) is 41.6 Å². The van der Waals surface area contributed by atoms with Gasteiger partial charge in [0.2, 0.25) is 5.91 Å². The molecule has 0 fully saturated rings. The molecule has 0 spiro atoms. The van der Waals surface area contributed by atoms with Gasteiger partial charge < -0.3 is 10.1 Å². The highest BCUT2D eigenvalue weighted by molar-refractivity contribution is 7.99.